The summed E-state index contributed by atoms with van der Waals surface area (Å²) in [5.41, 5.74) is 0. The first-order valence-electron chi connectivity index (χ1n) is 20.2. The van der Waals surface area contributed by atoms with Gasteiger partial charge in [0.05, 0.1) is 38.1 Å². The normalized spacial score (nSPS) is 33.7. The third kappa shape index (κ3) is 16.9. The minimum atomic E-state index is -0.334. The quantitative estimate of drug-likeness (QED) is 0.231. The molecule has 0 bridgehead atoms. The number of hydrogen-bond acceptors (Lipinski definition) is 6. The third-order valence-electron chi connectivity index (χ3n) is 11.4. The number of hydrogen-bond donors (Lipinski definition) is 2. The van der Waals surface area contributed by atoms with Crippen LogP contribution in [0.4, 0.5) is 0 Å². The summed E-state index contributed by atoms with van der Waals surface area (Å²) in [7, 11) is 0. The zero-order chi connectivity index (χ0) is 33.1. The highest BCUT2D eigenvalue weighted by Gasteiger charge is 2.34. The Balaban J connectivity index is 0.000000212. The van der Waals surface area contributed by atoms with Gasteiger partial charge in [-0.3, -0.25) is 0 Å². The summed E-state index contributed by atoms with van der Waals surface area (Å²) in [5, 5.41) is 13.8. The van der Waals surface area contributed by atoms with Crippen LogP contribution in [0.15, 0.2) is 0 Å². The Bertz CT molecular complexity index is 715. The molecule has 2 saturated carbocycles. The molecule has 0 amide bonds. The number of β-amino-alcohol motifs (C(OH)–C–C–N with tert-alkyl or cyclic N) is 1. The summed E-state index contributed by atoms with van der Waals surface area (Å²) >= 11 is 0. The summed E-state index contributed by atoms with van der Waals surface area (Å²) in [4.78, 5) is 2.44. The molecule has 6 nitrogen and oxygen atoms in total. The van der Waals surface area contributed by atoms with Gasteiger partial charge in [-0.2, -0.15) is 0 Å². The largest absolute Gasteiger partial charge is 0.389 e. The number of nitrogens with one attached hydrogen (secondary N) is 1. The van der Waals surface area contributed by atoms with E-state index >= 15 is 0 Å². The average Bonchev–Trinajstić information content (AvgIpc) is 3.81. The average molecular weight is 651 g/mol. The molecule has 0 aromatic carbocycles. The van der Waals surface area contributed by atoms with Crippen molar-refractivity contribution in [2.45, 2.75) is 169 Å². The fourth-order valence-corrected chi connectivity index (χ4v) is 8.24. The van der Waals surface area contributed by atoms with E-state index < -0.39 is 0 Å². The number of epoxide rings is 1. The highest BCUT2D eigenvalue weighted by atomic mass is 16.6. The van der Waals surface area contributed by atoms with Gasteiger partial charge < -0.3 is 29.5 Å². The van der Waals surface area contributed by atoms with Crippen LogP contribution >= 0.6 is 0 Å². The molecule has 0 aromatic rings. The van der Waals surface area contributed by atoms with Crippen LogP contribution in [-0.2, 0) is 14.2 Å². The number of aliphatic hydroxyl groups is 1. The second-order valence-electron chi connectivity index (χ2n) is 16.6. The van der Waals surface area contributed by atoms with Gasteiger partial charge in [0.25, 0.3) is 0 Å². The van der Waals surface area contributed by atoms with Crippen molar-refractivity contribution < 1.29 is 19.3 Å². The Hall–Kier alpha value is -0.240. The predicted octanol–water partition coefficient (Wildman–Crippen LogP) is 8.49. The molecule has 5 aliphatic rings. The first kappa shape index (κ1) is 40.2. The zero-order valence-electron chi connectivity index (χ0n) is 31.4. The van der Waals surface area contributed by atoms with Crippen LogP contribution in [0.25, 0.3) is 0 Å². The van der Waals surface area contributed by atoms with Crippen molar-refractivity contribution in [2.75, 3.05) is 52.5 Å². The van der Waals surface area contributed by atoms with E-state index in [2.05, 4.69) is 51.8 Å². The SMILES string of the molecule is C1CCCNCCC1.CC1CCC(C(C)C)C(OCC(O)CN2CCCCCCC2)C1.CC1CCC(C(C)C)C(OCC2CO2)C1. The zero-order valence-corrected chi connectivity index (χ0v) is 31.4. The van der Waals surface area contributed by atoms with Crippen LogP contribution in [-0.4, -0.2) is 87.0 Å². The van der Waals surface area contributed by atoms with Crippen molar-refractivity contribution in [3.8, 4) is 0 Å². The fraction of sp³-hybridized carbons (Fsp3) is 1.00. The number of rotatable bonds is 10. The van der Waals surface area contributed by atoms with Gasteiger partial charge in [-0.25, -0.2) is 0 Å². The van der Waals surface area contributed by atoms with Crippen molar-refractivity contribution in [2.24, 2.45) is 35.5 Å². The van der Waals surface area contributed by atoms with Crippen LogP contribution in [0.5, 0.6) is 0 Å². The molecule has 2 aliphatic carbocycles. The standard InChI is InChI=1S/C20H39NO2.C13H24O2.C7H15N/c1-16(2)19-10-9-17(3)13-20(19)23-15-18(22)14-21-11-7-5-4-6-8-12-21;1-9(2)12-5-4-10(3)6-13(12)15-8-11-7-14-11;1-2-4-6-8-7-5-3-1/h16-20,22H,4-15H2,1-3H3;9-13H,4-8H2,1-3H3;8H,1-7H2. The van der Waals surface area contributed by atoms with Gasteiger partial charge in [0.2, 0.25) is 0 Å². The van der Waals surface area contributed by atoms with E-state index in [0.29, 0.717) is 36.8 Å². The van der Waals surface area contributed by atoms with E-state index in [-0.39, 0.29) is 6.10 Å². The predicted molar refractivity (Wildman–Crippen MR) is 193 cm³/mol. The monoisotopic (exact) mass is 651 g/mol. The maximum atomic E-state index is 10.4. The van der Waals surface area contributed by atoms with Gasteiger partial charge in [0.15, 0.2) is 0 Å². The molecule has 8 atom stereocenters. The molecular weight excluding hydrogens is 572 g/mol. The topological polar surface area (TPSA) is 66.5 Å². The van der Waals surface area contributed by atoms with Crippen LogP contribution in [0, 0.1) is 35.5 Å². The van der Waals surface area contributed by atoms with Crippen molar-refractivity contribution in [3.63, 3.8) is 0 Å². The lowest BCUT2D eigenvalue weighted by Crippen LogP contribution is -2.40. The van der Waals surface area contributed by atoms with E-state index in [0.717, 1.165) is 56.5 Å². The molecule has 3 aliphatic heterocycles. The Kier molecular flexibility index (Phi) is 20.3. The Morgan fingerprint density at radius 2 is 1.17 bits per heavy atom. The molecule has 6 heteroatoms. The van der Waals surface area contributed by atoms with E-state index in [1.165, 1.54) is 116 Å². The summed E-state index contributed by atoms with van der Waals surface area (Å²) in [6.45, 7) is 21.8. The maximum Gasteiger partial charge on any atom is 0.104 e. The Morgan fingerprint density at radius 3 is 1.67 bits per heavy atom. The first-order valence-corrected chi connectivity index (χ1v) is 20.2. The summed E-state index contributed by atoms with van der Waals surface area (Å²) in [6, 6.07) is 0. The van der Waals surface area contributed by atoms with Gasteiger partial charge in [-0.15, -0.1) is 0 Å². The Morgan fingerprint density at radius 1 is 0.696 bits per heavy atom. The first-order chi connectivity index (χ1) is 22.2. The van der Waals surface area contributed by atoms with Gasteiger partial charge >= 0.3 is 0 Å². The molecule has 5 rings (SSSR count). The maximum absolute atomic E-state index is 10.4. The summed E-state index contributed by atoms with van der Waals surface area (Å²) < 4.78 is 17.4. The smallest absolute Gasteiger partial charge is 0.104 e. The highest BCUT2D eigenvalue weighted by molar-refractivity contribution is 4.83. The van der Waals surface area contributed by atoms with Crippen LogP contribution < -0.4 is 5.32 Å². The van der Waals surface area contributed by atoms with Gasteiger partial charge in [0, 0.05) is 6.54 Å². The molecule has 8 unspecified atom stereocenters. The molecule has 272 valence electrons. The van der Waals surface area contributed by atoms with E-state index in [4.69, 9.17) is 14.2 Å². The van der Waals surface area contributed by atoms with Crippen LogP contribution in [0.3, 0.4) is 0 Å². The molecule has 3 saturated heterocycles. The summed E-state index contributed by atoms with van der Waals surface area (Å²) in [5.74, 6) is 4.47. The molecular formula is C40H78N2O4. The second-order valence-corrected chi connectivity index (χ2v) is 16.6. The Labute approximate surface area is 285 Å². The molecule has 3 heterocycles. The number of likely N-dealkylation sites (tertiary alicyclic amines) is 1. The van der Waals surface area contributed by atoms with Crippen molar-refractivity contribution in [1.29, 1.82) is 0 Å². The molecule has 46 heavy (non-hydrogen) atoms. The lowest BCUT2D eigenvalue weighted by Gasteiger charge is -2.37. The van der Waals surface area contributed by atoms with E-state index in [1.807, 2.05) is 0 Å². The third-order valence-corrected chi connectivity index (χ3v) is 11.4. The minimum Gasteiger partial charge on any atom is -0.389 e. The van der Waals surface area contributed by atoms with Crippen LogP contribution in [0.1, 0.15) is 144 Å². The molecule has 5 fully saturated rings. The summed E-state index contributed by atoms with van der Waals surface area (Å²) in [6.07, 6.45) is 22.4. The van der Waals surface area contributed by atoms with Crippen LogP contribution in [0.2, 0.25) is 0 Å². The van der Waals surface area contributed by atoms with E-state index in [1.54, 1.807) is 0 Å². The van der Waals surface area contributed by atoms with Gasteiger partial charge in [-0.1, -0.05) is 92.9 Å². The van der Waals surface area contributed by atoms with Crippen molar-refractivity contribution in [3.05, 3.63) is 0 Å². The number of ether oxygens (including phenoxy) is 3. The van der Waals surface area contributed by atoms with Crippen molar-refractivity contribution >= 4 is 0 Å². The molecule has 0 spiro atoms. The number of nitrogens with zero attached hydrogens (tertiary/aromatic N) is 1. The number of aliphatic hydroxyl groups excluding tert-OH is 1. The second kappa shape index (κ2) is 23.2. The fourth-order valence-electron chi connectivity index (χ4n) is 8.24. The molecule has 2 N–H and O–H groups in total. The van der Waals surface area contributed by atoms with Gasteiger partial charge in [-0.05, 0) is 113 Å². The lowest BCUT2D eigenvalue weighted by molar-refractivity contribution is -0.0740. The molecule has 0 aromatic heterocycles. The lowest BCUT2D eigenvalue weighted by atomic mass is 9.75. The van der Waals surface area contributed by atoms with Crippen molar-refractivity contribution in [1.82, 2.24) is 10.2 Å². The molecule has 0 radical (unpaired) electrons. The highest BCUT2D eigenvalue weighted by Crippen LogP contribution is 2.36. The minimum absolute atomic E-state index is 0.334. The van der Waals surface area contributed by atoms with E-state index in [9.17, 15) is 5.11 Å². The van der Waals surface area contributed by atoms with Gasteiger partial charge in [0.1, 0.15) is 6.10 Å².